The number of carbonyl (C=O) groups excluding carboxylic acids is 1. The van der Waals surface area contributed by atoms with Gasteiger partial charge >= 0.3 is 0 Å². The molecule has 2 saturated heterocycles. The Labute approximate surface area is 123 Å². The standard InChI is InChI=1S/C16H31N3O/c1-6-16(4)15(20)19(14(17-16)10-12(2)3)11-13-8-7-9-18(13)5/h12-14,17H,6-11H2,1-5H3. The summed E-state index contributed by atoms with van der Waals surface area (Å²) in [5.41, 5.74) is -0.364. The van der Waals surface area contributed by atoms with E-state index < -0.39 is 0 Å². The molecule has 2 aliphatic heterocycles. The number of amides is 1. The first-order valence-corrected chi connectivity index (χ1v) is 8.16. The fourth-order valence-electron chi connectivity index (χ4n) is 3.50. The van der Waals surface area contributed by atoms with Crippen LogP contribution < -0.4 is 5.32 Å². The molecule has 2 aliphatic rings. The Balaban J connectivity index is 2.11. The van der Waals surface area contributed by atoms with E-state index in [0.717, 1.165) is 19.4 Å². The van der Waals surface area contributed by atoms with E-state index in [4.69, 9.17) is 0 Å². The Bertz CT molecular complexity index is 358. The van der Waals surface area contributed by atoms with Crippen molar-refractivity contribution in [3.63, 3.8) is 0 Å². The third-order valence-corrected chi connectivity index (χ3v) is 5.08. The minimum Gasteiger partial charge on any atom is -0.324 e. The Morgan fingerprint density at radius 1 is 1.45 bits per heavy atom. The number of hydrogen-bond donors (Lipinski definition) is 1. The first-order chi connectivity index (χ1) is 9.37. The lowest BCUT2D eigenvalue weighted by Crippen LogP contribution is -2.45. The number of nitrogens with one attached hydrogen (secondary N) is 1. The van der Waals surface area contributed by atoms with Crippen molar-refractivity contribution in [3.05, 3.63) is 0 Å². The van der Waals surface area contributed by atoms with Gasteiger partial charge in [-0.1, -0.05) is 20.8 Å². The summed E-state index contributed by atoms with van der Waals surface area (Å²) >= 11 is 0. The van der Waals surface area contributed by atoms with E-state index in [9.17, 15) is 4.79 Å². The van der Waals surface area contributed by atoms with Crippen molar-refractivity contribution in [1.29, 1.82) is 0 Å². The summed E-state index contributed by atoms with van der Waals surface area (Å²) < 4.78 is 0. The highest BCUT2D eigenvalue weighted by atomic mass is 16.2. The molecule has 116 valence electrons. The van der Waals surface area contributed by atoms with Gasteiger partial charge in [0.05, 0.1) is 11.7 Å². The molecular formula is C16H31N3O. The van der Waals surface area contributed by atoms with Gasteiger partial charge in [0.25, 0.3) is 0 Å². The van der Waals surface area contributed by atoms with E-state index in [1.54, 1.807) is 0 Å². The molecule has 20 heavy (non-hydrogen) atoms. The van der Waals surface area contributed by atoms with Gasteiger partial charge < -0.3 is 9.80 Å². The first-order valence-electron chi connectivity index (χ1n) is 8.16. The molecule has 0 radical (unpaired) electrons. The number of likely N-dealkylation sites (tertiary alicyclic amines) is 1. The molecule has 4 nitrogen and oxygen atoms in total. The molecule has 0 spiro atoms. The van der Waals surface area contributed by atoms with E-state index in [0.29, 0.717) is 17.9 Å². The maximum atomic E-state index is 12.8. The van der Waals surface area contributed by atoms with Gasteiger partial charge in [-0.3, -0.25) is 10.1 Å². The van der Waals surface area contributed by atoms with E-state index >= 15 is 0 Å². The monoisotopic (exact) mass is 281 g/mol. The smallest absolute Gasteiger partial charge is 0.243 e. The maximum Gasteiger partial charge on any atom is 0.243 e. The summed E-state index contributed by atoms with van der Waals surface area (Å²) in [5, 5.41) is 3.59. The van der Waals surface area contributed by atoms with Gasteiger partial charge in [0.2, 0.25) is 5.91 Å². The lowest BCUT2D eigenvalue weighted by atomic mass is 9.99. The van der Waals surface area contributed by atoms with E-state index in [1.807, 2.05) is 0 Å². The van der Waals surface area contributed by atoms with Crippen molar-refractivity contribution in [2.45, 2.75) is 71.1 Å². The molecule has 4 heteroatoms. The predicted octanol–water partition coefficient (Wildman–Crippen LogP) is 2.05. The molecule has 2 fully saturated rings. The molecule has 1 amide bonds. The summed E-state index contributed by atoms with van der Waals surface area (Å²) in [6.07, 6.45) is 4.59. The Morgan fingerprint density at radius 2 is 2.15 bits per heavy atom. The highest BCUT2D eigenvalue weighted by Gasteiger charge is 2.47. The maximum absolute atomic E-state index is 12.8. The number of likely N-dealkylation sites (N-methyl/N-ethyl adjacent to an activating group) is 1. The van der Waals surface area contributed by atoms with Crippen molar-refractivity contribution >= 4 is 5.91 Å². The first kappa shape index (κ1) is 15.8. The van der Waals surface area contributed by atoms with Crippen LogP contribution in [0.4, 0.5) is 0 Å². The van der Waals surface area contributed by atoms with Gasteiger partial charge in [-0.2, -0.15) is 0 Å². The van der Waals surface area contributed by atoms with Crippen LogP contribution in [0.3, 0.4) is 0 Å². The Hall–Kier alpha value is -0.610. The molecule has 0 bridgehead atoms. The highest BCUT2D eigenvalue weighted by molar-refractivity contribution is 5.88. The second-order valence-corrected chi connectivity index (χ2v) is 7.21. The van der Waals surface area contributed by atoms with Crippen molar-refractivity contribution in [3.8, 4) is 0 Å². The molecule has 2 heterocycles. The van der Waals surface area contributed by atoms with Crippen LogP contribution >= 0.6 is 0 Å². The van der Waals surface area contributed by atoms with Gasteiger partial charge in [-0.05, 0) is 52.1 Å². The zero-order valence-electron chi connectivity index (χ0n) is 13.8. The van der Waals surface area contributed by atoms with Gasteiger partial charge in [0.15, 0.2) is 0 Å². The minimum atomic E-state index is -0.364. The van der Waals surface area contributed by atoms with Crippen molar-refractivity contribution < 1.29 is 4.79 Å². The SMILES string of the molecule is CCC1(C)NC(CC(C)C)N(CC2CCCN2C)C1=O. The third kappa shape index (κ3) is 3.01. The normalized spacial score (nSPS) is 35.5. The summed E-state index contributed by atoms with van der Waals surface area (Å²) in [4.78, 5) is 17.3. The number of carbonyl (C=O) groups is 1. The second kappa shape index (κ2) is 6.02. The summed E-state index contributed by atoms with van der Waals surface area (Å²) in [6, 6.07) is 0.537. The van der Waals surface area contributed by atoms with Crippen LogP contribution in [0.2, 0.25) is 0 Å². The van der Waals surface area contributed by atoms with Gasteiger partial charge in [0, 0.05) is 12.6 Å². The number of nitrogens with zero attached hydrogens (tertiary/aromatic N) is 2. The Kier molecular flexibility index (Phi) is 4.75. The van der Waals surface area contributed by atoms with Crippen LogP contribution in [0.5, 0.6) is 0 Å². The zero-order valence-corrected chi connectivity index (χ0v) is 13.8. The molecule has 1 N–H and O–H groups in total. The van der Waals surface area contributed by atoms with Crippen molar-refractivity contribution in [2.75, 3.05) is 20.1 Å². The van der Waals surface area contributed by atoms with E-state index in [-0.39, 0.29) is 11.7 Å². The molecule has 0 aromatic carbocycles. The molecule has 0 aromatic rings. The van der Waals surface area contributed by atoms with Crippen LogP contribution in [-0.4, -0.2) is 53.6 Å². The lowest BCUT2D eigenvalue weighted by Gasteiger charge is -2.30. The molecule has 3 atom stereocenters. The van der Waals surface area contributed by atoms with E-state index in [1.165, 1.54) is 19.4 Å². The van der Waals surface area contributed by atoms with Crippen LogP contribution in [0.25, 0.3) is 0 Å². The lowest BCUT2D eigenvalue weighted by molar-refractivity contribution is -0.133. The van der Waals surface area contributed by atoms with Gasteiger partial charge in [-0.25, -0.2) is 0 Å². The molecule has 2 rings (SSSR count). The van der Waals surface area contributed by atoms with Crippen LogP contribution in [0.15, 0.2) is 0 Å². The second-order valence-electron chi connectivity index (χ2n) is 7.21. The highest BCUT2D eigenvalue weighted by Crippen LogP contribution is 2.28. The summed E-state index contributed by atoms with van der Waals surface area (Å²) in [7, 11) is 2.18. The van der Waals surface area contributed by atoms with Crippen LogP contribution in [0.1, 0.15) is 53.4 Å². The average molecular weight is 281 g/mol. The molecule has 0 aromatic heterocycles. The van der Waals surface area contributed by atoms with Crippen LogP contribution in [-0.2, 0) is 4.79 Å². The fourth-order valence-corrected chi connectivity index (χ4v) is 3.50. The fraction of sp³-hybridized carbons (Fsp3) is 0.938. The van der Waals surface area contributed by atoms with E-state index in [2.05, 4.69) is 49.9 Å². The third-order valence-electron chi connectivity index (χ3n) is 5.08. The molecule has 0 aliphatic carbocycles. The summed E-state index contributed by atoms with van der Waals surface area (Å²) in [5.74, 6) is 0.897. The molecule has 3 unspecified atom stereocenters. The molecular weight excluding hydrogens is 250 g/mol. The number of rotatable bonds is 5. The minimum absolute atomic E-state index is 0.210. The number of hydrogen-bond acceptors (Lipinski definition) is 3. The topological polar surface area (TPSA) is 35.6 Å². The largest absolute Gasteiger partial charge is 0.324 e. The zero-order chi connectivity index (χ0) is 14.9. The van der Waals surface area contributed by atoms with Gasteiger partial charge in [-0.15, -0.1) is 0 Å². The average Bonchev–Trinajstić information content (AvgIpc) is 2.87. The van der Waals surface area contributed by atoms with Crippen LogP contribution in [0, 0.1) is 5.92 Å². The summed E-state index contributed by atoms with van der Waals surface area (Å²) in [6.45, 7) is 10.7. The van der Waals surface area contributed by atoms with Gasteiger partial charge in [0.1, 0.15) is 0 Å². The van der Waals surface area contributed by atoms with Crippen molar-refractivity contribution in [2.24, 2.45) is 5.92 Å². The Morgan fingerprint density at radius 3 is 2.65 bits per heavy atom. The van der Waals surface area contributed by atoms with Crippen molar-refractivity contribution in [1.82, 2.24) is 15.1 Å². The quantitative estimate of drug-likeness (QED) is 0.838. The predicted molar refractivity (Wildman–Crippen MR) is 82.4 cm³/mol. The molecule has 0 saturated carbocycles.